The molecule has 6 nitrogen and oxygen atoms in total. The lowest BCUT2D eigenvalue weighted by molar-refractivity contribution is 0.0595. The molecule has 0 aliphatic rings. The van der Waals surface area contributed by atoms with Crippen LogP contribution in [0, 0.1) is 0 Å². The molecule has 0 aliphatic carbocycles. The first-order valence-corrected chi connectivity index (χ1v) is 5.23. The fraction of sp³-hybridized carbons (Fsp3) is 0.111. The van der Waals surface area contributed by atoms with Gasteiger partial charge < -0.3 is 10.1 Å². The van der Waals surface area contributed by atoms with Gasteiger partial charge in [0.15, 0.2) is 10.8 Å². The average molecular weight is 236 g/mol. The van der Waals surface area contributed by atoms with Gasteiger partial charge in [0, 0.05) is 5.38 Å². The van der Waals surface area contributed by atoms with Crippen LogP contribution in [0.5, 0.6) is 0 Å². The Labute approximate surface area is 95.3 Å². The number of nitrogens with one attached hydrogen (secondary N) is 1. The lowest BCUT2D eigenvalue weighted by Crippen LogP contribution is -2.01. The van der Waals surface area contributed by atoms with E-state index in [1.807, 2.05) is 0 Å². The van der Waals surface area contributed by atoms with Crippen molar-refractivity contribution in [1.82, 2.24) is 15.0 Å². The summed E-state index contributed by atoms with van der Waals surface area (Å²) in [5, 5.41) is 5.19. The molecule has 0 saturated heterocycles. The number of ether oxygens (including phenoxy) is 1. The third-order valence-electron chi connectivity index (χ3n) is 1.71. The molecule has 0 fully saturated rings. The molecule has 0 aromatic carbocycles. The van der Waals surface area contributed by atoms with E-state index in [1.165, 1.54) is 24.8 Å². The third kappa shape index (κ3) is 2.31. The highest BCUT2D eigenvalue weighted by Crippen LogP contribution is 2.19. The van der Waals surface area contributed by atoms with Gasteiger partial charge in [-0.3, -0.25) is 0 Å². The molecule has 2 aromatic rings. The second-order valence-corrected chi connectivity index (χ2v) is 3.64. The zero-order valence-electron chi connectivity index (χ0n) is 8.38. The van der Waals surface area contributed by atoms with E-state index in [0.717, 1.165) is 0 Å². The predicted octanol–water partition coefficient (Wildman–Crippen LogP) is 1.46. The monoisotopic (exact) mass is 236 g/mol. The van der Waals surface area contributed by atoms with Crippen molar-refractivity contribution >= 4 is 28.1 Å². The molecule has 0 spiro atoms. The van der Waals surface area contributed by atoms with Crippen molar-refractivity contribution in [2.75, 3.05) is 12.4 Å². The zero-order chi connectivity index (χ0) is 11.4. The highest BCUT2D eigenvalue weighted by molar-refractivity contribution is 7.14. The molecule has 0 saturated carbocycles. The smallest absolute Gasteiger partial charge is 0.357 e. The first kappa shape index (κ1) is 10.5. The van der Waals surface area contributed by atoms with Gasteiger partial charge in [-0.1, -0.05) is 0 Å². The van der Waals surface area contributed by atoms with Crippen molar-refractivity contribution in [3.8, 4) is 0 Å². The summed E-state index contributed by atoms with van der Waals surface area (Å²) < 4.78 is 4.55. The van der Waals surface area contributed by atoms with Crippen LogP contribution in [0.1, 0.15) is 10.5 Å². The Balaban J connectivity index is 2.12. The van der Waals surface area contributed by atoms with Crippen LogP contribution in [-0.4, -0.2) is 28.0 Å². The van der Waals surface area contributed by atoms with Crippen LogP contribution in [0.4, 0.5) is 10.8 Å². The van der Waals surface area contributed by atoms with Gasteiger partial charge in [0.05, 0.1) is 25.2 Å². The van der Waals surface area contributed by atoms with Gasteiger partial charge in [-0.25, -0.2) is 19.7 Å². The first-order valence-electron chi connectivity index (χ1n) is 4.35. The third-order valence-corrected chi connectivity index (χ3v) is 2.47. The molecule has 0 aliphatic heterocycles. The van der Waals surface area contributed by atoms with Gasteiger partial charge in [0.1, 0.15) is 6.33 Å². The van der Waals surface area contributed by atoms with Crippen LogP contribution < -0.4 is 5.32 Å². The summed E-state index contributed by atoms with van der Waals surface area (Å²) in [5.74, 6) is -0.450. The summed E-state index contributed by atoms with van der Waals surface area (Å²) >= 11 is 1.31. The number of carbonyl (C=O) groups is 1. The van der Waals surface area contributed by atoms with Crippen LogP contribution in [0.3, 0.4) is 0 Å². The van der Waals surface area contributed by atoms with E-state index in [2.05, 4.69) is 25.0 Å². The Bertz CT molecular complexity index is 485. The number of hydrogen-bond acceptors (Lipinski definition) is 7. The average Bonchev–Trinajstić information content (AvgIpc) is 2.78. The SMILES string of the molecule is COC(=O)c1csc(Nc2cncnc2)n1. The Morgan fingerprint density at radius 2 is 2.19 bits per heavy atom. The molecule has 0 unspecified atom stereocenters. The Morgan fingerprint density at radius 3 is 2.88 bits per heavy atom. The molecule has 7 heteroatoms. The summed E-state index contributed by atoms with van der Waals surface area (Å²) in [6.45, 7) is 0. The van der Waals surface area contributed by atoms with Gasteiger partial charge in [-0.05, 0) is 0 Å². The van der Waals surface area contributed by atoms with Crippen molar-refractivity contribution in [2.24, 2.45) is 0 Å². The maximum absolute atomic E-state index is 11.1. The number of hydrogen-bond donors (Lipinski definition) is 1. The molecule has 0 radical (unpaired) electrons. The normalized spacial score (nSPS) is 9.81. The molecule has 0 atom stereocenters. The van der Waals surface area contributed by atoms with Crippen molar-refractivity contribution in [1.29, 1.82) is 0 Å². The second-order valence-electron chi connectivity index (χ2n) is 2.78. The van der Waals surface area contributed by atoms with Gasteiger partial charge in [0.25, 0.3) is 0 Å². The number of anilines is 2. The first-order chi connectivity index (χ1) is 7.79. The number of rotatable bonds is 3. The number of thiazole rings is 1. The van der Waals surface area contributed by atoms with Crippen molar-refractivity contribution in [3.63, 3.8) is 0 Å². The Hall–Kier alpha value is -2.02. The molecular weight excluding hydrogens is 228 g/mol. The summed E-state index contributed by atoms with van der Waals surface area (Å²) in [4.78, 5) is 22.9. The minimum Gasteiger partial charge on any atom is -0.464 e. The van der Waals surface area contributed by atoms with E-state index < -0.39 is 5.97 Å². The molecular formula is C9H8N4O2S. The fourth-order valence-corrected chi connectivity index (χ4v) is 1.72. The predicted molar refractivity (Wildman–Crippen MR) is 58.8 cm³/mol. The Morgan fingerprint density at radius 1 is 1.44 bits per heavy atom. The minimum atomic E-state index is -0.450. The molecule has 2 rings (SSSR count). The number of nitrogens with zero attached hydrogens (tertiary/aromatic N) is 3. The standard InChI is InChI=1S/C9H8N4O2S/c1-15-8(14)7-4-16-9(13-7)12-6-2-10-5-11-3-6/h2-5H,1H3,(H,12,13). The van der Waals surface area contributed by atoms with E-state index in [9.17, 15) is 4.79 Å². The maximum atomic E-state index is 11.1. The van der Waals surface area contributed by atoms with E-state index >= 15 is 0 Å². The van der Waals surface area contributed by atoms with Crippen molar-refractivity contribution < 1.29 is 9.53 Å². The summed E-state index contributed by atoms with van der Waals surface area (Å²) in [6.07, 6.45) is 4.67. The molecule has 0 amide bonds. The number of aromatic nitrogens is 3. The molecule has 0 bridgehead atoms. The van der Waals surface area contributed by atoms with Crippen LogP contribution in [0.2, 0.25) is 0 Å². The van der Waals surface area contributed by atoms with Gasteiger partial charge >= 0.3 is 5.97 Å². The summed E-state index contributed by atoms with van der Waals surface area (Å²) in [5.41, 5.74) is 1.00. The van der Waals surface area contributed by atoms with E-state index in [-0.39, 0.29) is 5.69 Å². The van der Waals surface area contributed by atoms with Crippen molar-refractivity contribution in [2.45, 2.75) is 0 Å². The molecule has 82 valence electrons. The highest BCUT2D eigenvalue weighted by Gasteiger charge is 2.10. The minimum absolute atomic E-state index is 0.284. The summed E-state index contributed by atoms with van der Waals surface area (Å²) in [6, 6.07) is 0. The largest absolute Gasteiger partial charge is 0.464 e. The van der Waals surface area contributed by atoms with Crippen LogP contribution >= 0.6 is 11.3 Å². The van der Waals surface area contributed by atoms with E-state index in [4.69, 9.17) is 0 Å². The number of esters is 1. The molecule has 2 aromatic heterocycles. The lowest BCUT2D eigenvalue weighted by Gasteiger charge is -1.99. The van der Waals surface area contributed by atoms with E-state index in [1.54, 1.807) is 17.8 Å². The second kappa shape index (κ2) is 4.67. The molecule has 2 heterocycles. The van der Waals surface area contributed by atoms with Crippen molar-refractivity contribution in [3.05, 3.63) is 29.8 Å². The quantitative estimate of drug-likeness (QED) is 0.813. The molecule has 16 heavy (non-hydrogen) atoms. The number of methoxy groups -OCH3 is 1. The summed E-state index contributed by atoms with van der Waals surface area (Å²) in [7, 11) is 1.32. The number of carbonyl (C=O) groups excluding carboxylic acids is 1. The zero-order valence-corrected chi connectivity index (χ0v) is 9.19. The topological polar surface area (TPSA) is 77.0 Å². The van der Waals surface area contributed by atoms with Crippen LogP contribution in [0.25, 0.3) is 0 Å². The van der Waals surface area contributed by atoms with Gasteiger partial charge in [-0.2, -0.15) is 0 Å². The van der Waals surface area contributed by atoms with E-state index in [0.29, 0.717) is 10.8 Å². The highest BCUT2D eigenvalue weighted by atomic mass is 32.1. The molecule has 1 N–H and O–H groups in total. The maximum Gasteiger partial charge on any atom is 0.357 e. The van der Waals surface area contributed by atoms with Gasteiger partial charge in [0.2, 0.25) is 0 Å². The lowest BCUT2D eigenvalue weighted by atomic mass is 10.5. The van der Waals surface area contributed by atoms with Gasteiger partial charge in [-0.15, -0.1) is 11.3 Å². The van der Waals surface area contributed by atoms with Crippen LogP contribution in [-0.2, 0) is 4.74 Å². The fourth-order valence-electron chi connectivity index (χ4n) is 1.02. The van der Waals surface area contributed by atoms with Crippen LogP contribution in [0.15, 0.2) is 24.1 Å². The Kier molecular flexibility index (Phi) is 3.06.